The molecule has 0 atom stereocenters. The van der Waals surface area contributed by atoms with Gasteiger partial charge in [-0.15, -0.1) is 5.10 Å². The molecule has 0 spiro atoms. The molecule has 32 heavy (non-hydrogen) atoms. The minimum atomic E-state index is 0.101. The van der Waals surface area contributed by atoms with Crippen LogP contribution in [0.2, 0.25) is 0 Å². The van der Waals surface area contributed by atoms with Crippen LogP contribution in [0.1, 0.15) is 63.5 Å². The maximum atomic E-state index is 5.78. The van der Waals surface area contributed by atoms with Gasteiger partial charge in [-0.25, -0.2) is 5.43 Å². The first-order valence-electron chi connectivity index (χ1n) is 11.3. The van der Waals surface area contributed by atoms with Crippen molar-refractivity contribution in [3.8, 4) is 11.5 Å². The highest BCUT2D eigenvalue weighted by Gasteiger charge is 1.96. The van der Waals surface area contributed by atoms with E-state index < -0.39 is 0 Å². The van der Waals surface area contributed by atoms with Gasteiger partial charge in [-0.3, -0.25) is 0 Å². The van der Waals surface area contributed by atoms with Crippen LogP contribution in [-0.2, 0) is 0 Å². The fraction of sp³-hybridized carbons (Fsp3) is 0.400. The zero-order chi connectivity index (χ0) is 22.9. The second kappa shape index (κ2) is 15.5. The molecular weight excluding hydrogens is 402 g/mol. The summed E-state index contributed by atoms with van der Waals surface area (Å²) in [6.45, 7) is 5.84. The van der Waals surface area contributed by atoms with Gasteiger partial charge in [0, 0.05) is 0 Å². The van der Waals surface area contributed by atoms with Crippen LogP contribution in [0.15, 0.2) is 63.8 Å². The average molecular weight is 438 g/mol. The van der Waals surface area contributed by atoms with Gasteiger partial charge in [0.05, 0.1) is 25.6 Å². The van der Waals surface area contributed by atoms with Crippen LogP contribution in [0.5, 0.6) is 11.5 Å². The zero-order valence-electron chi connectivity index (χ0n) is 19.2. The predicted molar refractivity (Wildman–Crippen MR) is 133 cm³/mol. The molecule has 0 bridgehead atoms. The monoisotopic (exact) mass is 437 g/mol. The van der Waals surface area contributed by atoms with Crippen LogP contribution < -0.4 is 20.6 Å². The van der Waals surface area contributed by atoms with E-state index in [1.165, 1.54) is 25.7 Å². The van der Waals surface area contributed by atoms with Crippen LogP contribution in [0, 0.1) is 0 Å². The lowest BCUT2D eigenvalue weighted by molar-refractivity contribution is 0.306. The lowest BCUT2D eigenvalue weighted by Gasteiger charge is -2.05. The molecule has 2 aromatic carbocycles. The molecule has 0 saturated heterocycles. The van der Waals surface area contributed by atoms with Gasteiger partial charge in [0.25, 0.3) is 0 Å². The van der Waals surface area contributed by atoms with E-state index in [0.29, 0.717) is 0 Å². The normalized spacial score (nSPS) is 11.9. The lowest BCUT2D eigenvalue weighted by atomic mass is 10.2. The number of hydrogen-bond acceptors (Lipinski definition) is 5. The van der Waals surface area contributed by atoms with Crippen LogP contribution in [0.4, 0.5) is 0 Å². The maximum Gasteiger partial charge on any atom is 0.234 e. The molecule has 0 aliphatic heterocycles. The second-order valence-electron chi connectivity index (χ2n) is 7.35. The Balaban J connectivity index is 1.73. The Hall–Kier alpha value is -3.35. The molecule has 0 aliphatic carbocycles. The topological polar surface area (TPSA) is 93.6 Å². The summed E-state index contributed by atoms with van der Waals surface area (Å²) < 4.78 is 11.4. The Bertz CT molecular complexity index is 846. The molecular formula is C25H35N5O2. The van der Waals surface area contributed by atoms with E-state index in [1.807, 2.05) is 48.5 Å². The number of guanidine groups is 1. The fourth-order valence-corrected chi connectivity index (χ4v) is 2.74. The second-order valence-corrected chi connectivity index (χ2v) is 7.35. The van der Waals surface area contributed by atoms with Crippen LogP contribution in [-0.4, -0.2) is 31.6 Å². The molecule has 0 radical (unpaired) electrons. The van der Waals surface area contributed by atoms with Crippen molar-refractivity contribution in [1.29, 1.82) is 0 Å². The summed E-state index contributed by atoms with van der Waals surface area (Å²) in [5.41, 5.74) is 10.3. The number of unbranched alkanes of at least 4 members (excludes halogenated alkanes) is 4. The maximum absolute atomic E-state index is 5.78. The molecule has 0 fully saturated rings. The third-order valence-corrected chi connectivity index (χ3v) is 4.56. The quantitative estimate of drug-likeness (QED) is 0.186. The summed E-state index contributed by atoms with van der Waals surface area (Å²) in [6.07, 6.45) is 10.2. The summed E-state index contributed by atoms with van der Waals surface area (Å²) in [5, 5.41) is 11.9. The van der Waals surface area contributed by atoms with Crippen molar-refractivity contribution < 1.29 is 9.47 Å². The molecule has 0 aliphatic rings. The molecule has 172 valence electrons. The Morgan fingerprint density at radius 2 is 1.28 bits per heavy atom. The largest absolute Gasteiger partial charge is 0.494 e. The molecule has 0 unspecified atom stereocenters. The Morgan fingerprint density at radius 3 is 1.78 bits per heavy atom. The predicted octanol–water partition coefficient (Wildman–Crippen LogP) is 5.10. The Kier molecular flexibility index (Phi) is 12.0. The number of ether oxygens (including phenoxy) is 2. The fourth-order valence-electron chi connectivity index (χ4n) is 2.74. The van der Waals surface area contributed by atoms with Crippen molar-refractivity contribution in [3.05, 3.63) is 59.7 Å². The highest BCUT2D eigenvalue weighted by Crippen LogP contribution is 2.13. The van der Waals surface area contributed by atoms with Gasteiger partial charge in [-0.05, 0) is 72.5 Å². The highest BCUT2D eigenvalue weighted by atomic mass is 16.5. The third kappa shape index (κ3) is 10.6. The van der Waals surface area contributed by atoms with Gasteiger partial charge in [-0.2, -0.15) is 10.2 Å². The van der Waals surface area contributed by atoms with Gasteiger partial charge < -0.3 is 15.2 Å². The average Bonchev–Trinajstić information content (AvgIpc) is 2.81. The van der Waals surface area contributed by atoms with Gasteiger partial charge >= 0.3 is 0 Å². The number of benzene rings is 2. The number of hydrogen-bond donors (Lipinski definition) is 2. The third-order valence-electron chi connectivity index (χ3n) is 4.56. The van der Waals surface area contributed by atoms with Crippen molar-refractivity contribution in [2.45, 2.75) is 52.4 Å². The molecule has 0 amide bonds. The molecule has 3 N–H and O–H groups in total. The van der Waals surface area contributed by atoms with E-state index >= 15 is 0 Å². The van der Waals surface area contributed by atoms with E-state index in [0.717, 1.165) is 48.7 Å². The van der Waals surface area contributed by atoms with Gasteiger partial charge in [0.2, 0.25) is 5.96 Å². The highest BCUT2D eigenvalue weighted by molar-refractivity contribution is 5.84. The minimum Gasteiger partial charge on any atom is -0.494 e. The first-order valence-corrected chi connectivity index (χ1v) is 11.3. The number of nitrogens with two attached hydrogens (primary N) is 1. The van der Waals surface area contributed by atoms with E-state index in [4.69, 9.17) is 15.2 Å². The van der Waals surface area contributed by atoms with Crippen LogP contribution in [0.25, 0.3) is 0 Å². The van der Waals surface area contributed by atoms with Crippen molar-refractivity contribution in [2.75, 3.05) is 13.2 Å². The molecule has 2 rings (SSSR count). The first kappa shape index (κ1) is 24.9. The molecule has 7 heteroatoms. The van der Waals surface area contributed by atoms with Crippen molar-refractivity contribution in [1.82, 2.24) is 5.43 Å². The van der Waals surface area contributed by atoms with Crippen molar-refractivity contribution >= 4 is 18.4 Å². The summed E-state index contributed by atoms with van der Waals surface area (Å²) >= 11 is 0. The molecule has 2 aromatic rings. The summed E-state index contributed by atoms with van der Waals surface area (Å²) in [5.74, 6) is 1.82. The van der Waals surface area contributed by atoms with Crippen molar-refractivity contribution in [3.63, 3.8) is 0 Å². The summed E-state index contributed by atoms with van der Waals surface area (Å²) in [7, 11) is 0. The SMILES string of the molecule is CCCCCOc1ccc(/C=N/N=C(N)N/N=C/c2ccc(OCCCCC)cc2)cc1. The molecule has 7 nitrogen and oxygen atoms in total. The molecule has 0 heterocycles. The number of rotatable bonds is 14. The van der Waals surface area contributed by atoms with E-state index in [1.54, 1.807) is 12.4 Å². The number of nitrogens with zero attached hydrogens (tertiary/aromatic N) is 3. The first-order chi connectivity index (χ1) is 15.7. The van der Waals surface area contributed by atoms with Gasteiger partial charge in [-0.1, -0.05) is 39.5 Å². The standard InChI is InChI=1S/C25H35N5O2/c1-3-5-7-17-31-23-13-9-21(10-14-23)19-27-29-25(26)30-28-20-22-11-15-24(16-12-22)32-18-8-6-4-2/h9-16,19-20H,3-8,17-18H2,1-2H3,(H3,26,29,30)/b27-19+,28-20+. The van der Waals surface area contributed by atoms with Gasteiger partial charge in [0.15, 0.2) is 0 Å². The van der Waals surface area contributed by atoms with Crippen molar-refractivity contribution in [2.24, 2.45) is 21.0 Å². The Labute approximate surface area is 191 Å². The summed E-state index contributed by atoms with van der Waals surface area (Å²) in [6, 6.07) is 15.4. The molecule has 0 saturated carbocycles. The smallest absolute Gasteiger partial charge is 0.234 e. The van der Waals surface area contributed by atoms with Gasteiger partial charge in [0.1, 0.15) is 11.5 Å². The van der Waals surface area contributed by atoms with E-state index in [9.17, 15) is 0 Å². The number of hydrazone groups is 1. The lowest BCUT2D eigenvalue weighted by Crippen LogP contribution is -2.26. The van der Waals surface area contributed by atoms with E-state index in [2.05, 4.69) is 34.6 Å². The summed E-state index contributed by atoms with van der Waals surface area (Å²) in [4.78, 5) is 0. The van der Waals surface area contributed by atoms with Crippen LogP contribution >= 0.6 is 0 Å². The Morgan fingerprint density at radius 1 is 0.781 bits per heavy atom. The number of nitrogens with one attached hydrogen (secondary N) is 1. The zero-order valence-corrected chi connectivity index (χ0v) is 19.2. The molecule has 0 aromatic heterocycles. The van der Waals surface area contributed by atoms with Crippen LogP contribution in [0.3, 0.4) is 0 Å². The van der Waals surface area contributed by atoms with E-state index in [-0.39, 0.29) is 5.96 Å². The minimum absolute atomic E-state index is 0.101.